The fourth-order valence-corrected chi connectivity index (χ4v) is 1.26. The predicted molar refractivity (Wildman–Crippen MR) is 57.4 cm³/mol. The summed E-state index contributed by atoms with van der Waals surface area (Å²) in [6, 6.07) is 0. The van der Waals surface area contributed by atoms with Crippen LogP contribution in [0.15, 0.2) is 36.2 Å². The van der Waals surface area contributed by atoms with Gasteiger partial charge in [-0.05, 0) is 26.0 Å². The standard InChI is InChI=1S/C11H16N2O/c1-3-13(4-2)11(14)9-10-7-5-6-8-12-10/h5-9,12H,3-4H2,1-2H3/b10-9-. The third-order valence-corrected chi connectivity index (χ3v) is 2.09. The molecule has 0 unspecified atom stereocenters. The SMILES string of the molecule is CCN(CC)C(=O)/C=C1/C=CC=CN1. The van der Waals surface area contributed by atoms with Crippen molar-refractivity contribution in [1.29, 1.82) is 0 Å². The van der Waals surface area contributed by atoms with Gasteiger partial charge in [0, 0.05) is 31.1 Å². The van der Waals surface area contributed by atoms with E-state index in [0.29, 0.717) is 0 Å². The second kappa shape index (κ2) is 5.27. The number of carbonyl (C=O) groups is 1. The number of carbonyl (C=O) groups excluding carboxylic acids is 1. The van der Waals surface area contributed by atoms with Crippen molar-refractivity contribution >= 4 is 5.91 Å². The molecule has 0 aromatic heterocycles. The van der Waals surface area contributed by atoms with Gasteiger partial charge < -0.3 is 10.2 Å². The van der Waals surface area contributed by atoms with E-state index in [-0.39, 0.29) is 5.91 Å². The van der Waals surface area contributed by atoms with E-state index < -0.39 is 0 Å². The highest BCUT2D eigenvalue weighted by molar-refractivity contribution is 5.88. The normalized spacial score (nSPS) is 16.9. The van der Waals surface area contributed by atoms with E-state index in [4.69, 9.17) is 0 Å². The highest BCUT2D eigenvalue weighted by Gasteiger charge is 2.06. The zero-order valence-corrected chi connectivity index (χ0v) is 8.66. The molecule has 0 fully saturated rings. The molecule has 0 spiro atoms. The van der Waals surface area contributed by atoms with Crippen LogP contribution in [0.3, 0.4) is 0 Å². The Bertz CT molecular complexity index is 286. The number of amides is 1. The van der Waals surface area contributed by atoms with Crippen molar-refractivity contribution in [2.75, 3.05) is 13.1 Å². The Labute approximate surface area is 84.8 Å². The van der Waals surface area contributed by atoms with Crippen LogP contribution < -0.4 is 5.32 Å². The average molecular weight is 192 g/mol. The van der Waals surface area contributed by atoms with E-state index in [0.717, 1.165) is 18.8 Å². The van der Waals surface area contributed by atoms with Crippen molar-refractivity contribution in [1.82, 2.24) is 10.2 Å². The van der Waals surface area contributed by atoms with Gasteiger partial charge in [0.1, 0.15) is 0 Å². The first-order valence-electron chi connectivity index (χ1n) is 4.88. The molecule has 0 saturated heterocycles. The number of hydrogen-bond acceptors (Lipinski definition) is 2. The molecule has 1 heterocycles. The van der Waals surface area contributed by atoms with Gasteiger partial charge in [-0.3, -0.25) is 4.79 Å². The Hall–Kier alpha value is -1.51. The van der Waals surface area contributed by atoms with Crippen LogP contribution in [0.5, 0.6) is 0 Å². The summed E-state index contributed by atoms with van der Waals surface area (Å²) in [6.07, 6.45) is 9.09. The Balaban J connectivity index is 2.62. The molecule has 14 heavy (non-hydrogen) atoms. The topological polar surface area (TPSA) is 32.3 Å². The Morgan fingerprint density at radius 2 is 2.14 bits per heavy atom. The summed E-state index contributed by atoms with van der Waals surface area (Å²) in [5, 5.41) is 3.00. The van der Waals surface area contributed by atoms with Crippen molar-refractivity contribution in [3.63, 3.8) is 0 Å². The lowest BCUT2D eigenvalue weighted by molar-refractivity contribution is -0.125. The second-order valence-electron chi connectivity index (χ2n) is 2.97. The molecule has 0 aliphatic carbocycles. The maximum atomic E-state index is 11.6. The van der Waals surface area contributed by atoms with Crippen LogP contribution in [0.1, 0.15) is 13.8 Å². The smallest absolute Gasteiger partial charge is 0.248 e. The minimum atomic E-state index is 0.0532. The molecule has 0 aromatic rings. The van der Waals surface area contributed by atoms with E-state index in [1.54, 1.807) is 17.2 Å². The van der Waals surface area contributed by atoms with Gasteiger partial charge in [-0.15, -0.1) is 0 Å². The summed E-state index contributed by atoms with van der Waals surface area (Å²) < 4.78 is 0. The first kappa shape index (κ1) is 10.6. The third-order valence-electron chi connectivity index (χ3n) is 2.09. The Kier molecular flexibility index (Phi) is 3.98. The Morgan fingerprint density at radius 3 is 2.64 bits per heavy atom. The molecule has 0 atom stereocenters. The lowest BCUT2D eigenvalue weighted by Gasteiger charge is -2.17. The fourth-order valence-electron chi connectivity index (χ4n) is 1.26. The van der Waals surface area contributed by atoms with E-state index in [2.05, 4.69) is 5.32 Å². The lowest BCUT2D eigenvalue weighted by atomic mass is 10.3. The van der Waals surface area contributed by atoms with Gasteiger partial charge >= 0.3 is 0 Å². The van der Waals surface area contributed by atoms with Crippen LogP contribution in [-0.2, 0) is 4.79 Å². The molecule has 0 saturated carbocycles. The van der Waals surface area contributed by atoms with Gasteiger partial charge in [-0.25, -0.2) is 0 Å². The molecular formula is C11H16N2O. The van der Waals surface area contributed by atoms with E-state index >= 15 is 0 Å². The summed E-state index contributed by atoms with van der Waals surface area (Å²) in [5.74, 6) is 0.0532. The third kappa shape index (κ3) is 2.76. The molecule has 3 nitrogen and oxygen atoms in total. The largest absolute Gasteiger partial charge is 0.362 e. The minimum Gasteiger partial charge on any atom is -0.362 e. The van der Waals surface area contributed by atoms with Crippen LogP contribution in [0, 0.1) is 0 Å². The minimum absolute atomic E-state index is 0.0532. The first-order valence-corrected chi connectivity index (χ1v) is 4.88. The van der Waals surface area contributed by atoms with Crippen molar-refractivity contribution < 1.29 is 4.79 Å². The van der Waals surface area contributed by atoms with Gasteiger partial charge in [0.25, 0.3) is 0 Å². The Morgan fingerprint density at radius 1 is 1.43 bits per heavy atom. The molecule has 0 radical (unpaired) electrons. The molecule has 1 rings (SSSR count). The van der Waals surface area contributed by atoms with E-state index in [9.17, 15) is 4.79 Å². The second-order valence-corrected chi connectivity index (χ2v) is 2.97. The molecule has 0 aromatic carbocycles. The van der Waals surface area contributed by atoms with Gasteiger partial charge in [-0.1, -0.05) is 6.08 Å². The molecule has 3 heteroatoms. The van der Waals surface area contributed by atoms with Gasteiger partial charge in [-0.2, -0.15) is 0 Å². The van der Waals surface area contributed by atoms with Gasteiger partial charge in [0.2, 0.25) is 5.91 Å². The monoisotopic (exact) mass is 192 g/mol. The van der Waals surface area contributed by atoms with E-state index in [1.807, 2.05) is 32.1 Å². The van der Waals surface area contributed by atoms with Crippen molar-refractivity contribution in [3.8, 4) is 0 Å². The van der Waals surface area contributed by atoms with Crippen LogP contribution in [0.4, 0.5) is 0 Å². The average Bonchev–Trinajstić information content (AvgIpc) is 2.21. The highest BCUT2D eigenvalue weighted by Crippen LogP contribution is 2.00. The number of likely N-dealkylation sites (N-methyl/N-ethyl adjacent to an activating group) is 1. The molecule has 1 amide bonds. The fraction of sp³-hybridized carbons (Fsp3) is 0.364. The van der Waals surface area contributed by atoms with Crippen LogP contribution in [0.25, 0.3) is 0 Å². The molecule has 76 valence electrons. The van der Waals surface area contributed by atoms with Crippen molar-refractivity contribution in [3.05, 3.63) is 36.2 Å². The number of nitrogens with one attached hydrogen (secondary N) is 1. The molecule has 1 aliphatic rings. The van der Waals surface area contributed by atoms with Crippen LogP contribution >= 0.6 is 0 Å². The summed E-state index contributed by atoms with van der Waals surface area (Å²) in [6.45, 7) is 5.45. The summed E-state index contributed by atoms with van der Waals surface area (Å²) >= 11 is 0. The molecular weight excluding hydrogens is 176 g/mol. The number of allylic oxidation sites excluding steroid dienone is 3. The predicted octanol–water partition coefficient (Wildman–Crippen LogP) is 1.41. The molecule has 1 aliphatic heterocycles. The summed E-state index contributed by atoms with van der Waals surface area (Å²) in [4.78, 5) is 13.4. The highest BCUT2D eigenvalue weighted by atomic mass is 16.2. The molecule has 1 N–H and O–H groups in total. The zero-order chi connectivity index (χ0) is 10.4. The quantitative estimate of drug-likeness (QED) is 0.686. The maximum Gasteiger partial charge on any atom is 0.248 e. The number of nitrogens with zero attached hydrogens (tertiary/aromatic N) is 1. The van der Waals surface area contributed by atoms with Crippen LogP contribution in [-0.4, -0.2) is 23.9 Å². The summed E-state index contributed by atoms with van der Waals surface area (Å²) in [7, 11) is 0. The first-order chi connectivity index (χ1) is 6.77. The van der Waals surface area contributed by atoms with Crippen LogP contribution in [0.2, 0.25) is 0 Å². The zero-order valence-electron chi connectivity index (χ0n) is 8.66. The van der Waals surface area contributed by atoms with E-state index in [1.165, 1.54) is 0 Å². The van der Waals surface area contributed by atoms with Crippen molar-refractivity contribution in [2.45, 2.75) is 13.8 Å². The molecule has 0 bridgehead atoms. The summed E-state index contributed by atoms with van der Waals surface area (Å²) in [5.41, 5.74) is 0.837. The maximum absolute atomic E-state index is 11.6. The number of rotatable bonds is 3. The van der Waals surface area contributed by atoms with Gasteiger partial charge in [0.15, 0.2) is 0 Å². The lowest BCUT2D eigenvalue weighted by Crippen LogP contribution is -2.29. The van der Waals surface area contributed by atoms with Crippen molar-refractivity contribution in [2.24, 2.45) is 0 Å². The number of dihydropyridines is 1. The number of hydrogen-bond donors (Lipinski definition) is 1. The van der Waals surface area contributed by atoms with Gasteiger partial charge in [0.05, 0.1) is 0 Å².